The minimum absolute atomic E-state index is 0.0874. The Balaban J connectivity index is 2.36. The zero-order valence-electron chi connectivity index (χ0n) is 12.0. The van der Waals surface area contributed by atoms with Gasteiger partial charge in [-0.1, -0.05) is 23.7 Å². The van der Waals surface area contributed by atoms with E-state index in [0.717, 1.165) is 31.7 Å². The number of piperazine rings is 1. The number of nitrogens with zero attached hydrogens (tertiary/aromatic N) is 1. The van der Waals surface area contributed by atoms with Gasteiger partial charge in [-0.15, -0.1) is 6.58 Å². The molecule has 0 aliphatic carbocycles. The summed E-state index contributed by atoms with van der Waals surface area (Å²) in [4.78, 5) is 2.36. The maximum Gasteiger partial charge on any atom is 0.179 e. The molecule has 2 rings (SSSR count). The van der Waals surface area contributed by atoms with Gasteiger partial charge >= 0.3 is 0 Å². The van der Waals surface area contributed by atoms with Crippen molar-refractivity contribution in [2.45, 2.75) is 6.04 Å². The second-order valence-electron chi connectivity index (χ2n) is 4.67. The molecule has 1 N–H and O–H groups in total. The highest BCUT2D eigenvalue weighted by Crippen LogP contribution is 2.41. The van der Waals surface area contributed by atoms with Crippen LogP contribution in [0.4, 0.5) is 0 Å². The smallest absolute Gasteiger partial charge is 0.179 e. The summed E-state index contributed by atoms with van der Waals surface area (Å²) in [6.45, 7) is 7.87. The maximum atomic E-state index is 6.49. The third-order valence-corrected chi connectivity index (χ3v) is 3.99. The third kappa shape index (κ3) is 2.92. The van der Waals surface area contributed by atoms with E-state index in [-0.39, 0.29) is 6.04 Å². The molecule has 5 heteroatoms. The Labute approximate surface area is 125 Å². The number of hydrogen-bond acceptors (Lipinski definition) is 4. The van der Waals surface area contributed by atoms with Crippen molar-refractivity contribution in [3.05, 3.63) is 35.4 Å². The highest BCUT2D eigenvalue weighted by molar-refractivity contribution is 6.33. The van der Waals surface area contributed by atoms with Crippen LogP contribution < -0.4 is 14.8 Å². The molecule has 0 spiro atoms. The SMILES string of the molecule is C=C[C@H](c1ccc(OC)c(OC)c1Cl)N1CCNCC1. The first-order valence-electron chi connectivity index (χ1n) is 6.70. The van der Waals surface area contributed by atoms with Crippen LogP contribution in [-0.2, 0) is 0 Å². The minimum atomic E-state index is 0.0874. The largest absolute Gasteiger partial charge is 0.493 e. The molecule has 20 heavy (non-hydrogen) atoms. The van der Waals surface area contributed by atoms with Crippen LogP contribution in [0.3, 0.4) is 0 Å². The number of methoxy groups -OCH3 is 2. The van der Waals surface area contributed by atoms with E-state index in [4.69, 9.17) is 21.1 Å². The second kappa shape index (κ2) is 6.97. The fourth-order valence-electron chi connectivity index (χ4n) is 2.57. The van der Waals surface area contributed by atoms with Crippen molar-refractivity contribution in [2.24, 2.45) is 0 Å². The molecule has 1 heterocycles. The summed E-state index contributed by atoms with van der Waals surface area (Å²) in [5.74, 6) is 1.22. The van der Waals surface area contributed by atoms with Crippen LogP contribution in [0, 0.1) is 0 Å². The molecule has 0 bridgehead atoms. The van der Waals surface area contributed by atoms with Gasteiger partial charge in [0.05, 0.1) is 25.3 Å². The Morgan fingerprint density at radius 3 is 2.55 bits per heavy atom. The first-order chi connectivity index (χ1) is 9.72. The number of hydrogen-bond donors (Lipinski definition) is 1. The molecule has 4 nitrogen and oxygen atoms in total. The molecule has 1 atom stereocenters. The average Bonchev–Trinajstić information content (AvgIpc) is 2.50. The van der Waals surface area contributed by atoms with Gasteiger partial charge < -0.3 is 14.8 Å². The molecule has 1 saturated heterocycles. The van der Waals surface area contributed by atoms with Gasteiger partial charge in [0.2, 0.25) is 0 Å². The van der Waals surface area contributed by atoms with Crippen LogP contribution in [0.25, 0.3) is 0 Å². The summed E-state index contributed by atoms with van der Waals surface area (Å²) in [5.41, 5.74) is 1.00. The molecule has 0 amide bonds. The van der Waals surface area contributed by atoms with Gasteiger partial charge in [0.25, 0.3) is 0 Å². The monoisotopic (exact) mass is 296 g/mol. The van der Waals surface area contributed by atoms with Crippen molar-refractivity contribution in [1.82, 2.24) is 10.2 Å². The molecule has 1 fully saturated rings. The number of benzene rings is 1. The minimum Gasteiger partial charge on any atom is -0.493 e. The van der Waals surface area contributed by atoms with Crippen molar-refractivity contribution in [3.63, 3.8) is 0 Å². The molecule has 1 aliphatic rings. The van der Waals surface area contributed by atoms with E-state index in [9.17, 15) is 0 Å². The van der Waals surface area contributed by atoms with Gasteiger partial charge in [-0.2, -0.15) is 0 Å². The van der Waals surface area contributed by atoms with Crippen molar-refractivity contribution < 1.29 is 9.47 Å². The number of rotatable bonds is 5. The van der Waals surface area contributed by atoms with E-state index in [1.54, 1.807) is 14.2 Å². The maximum absolute atomic E-state index is 6.49. The lowest BCUT2D eigenvalue weighted by Crippen LogP contribution is -2.44. The number of nitrogens with one attached hydrogen (secondary N) is 1. The quantitative estimate of drug-likeness (QED) is 0.847. The Morgan fingerprint density at radius 2 is 2.00 bits per heavy atom. The van der Waals surface area contributed by atoms with Gasteiger partial charge in [0.1, 0.15) is 0 Å². The summed E-state index contributed by atoms with van der Waals surface area (Å²) in [6, 6.07) is 3.96. The molecular formula is C15H21ClN2O2. The zero-order valence-corrected chi connectivity index (χ0v) is 12.7. The van der Waals surface area contributed by atoms with Crippen LogP contribution in [0.1, 0.15) is 11.6 Å². The Morgan fingerprint density at radius 1 is 1.30 bits per heavy atom. The molecular weight excluding hydrogens is 276 g/mol. The summed E-state index contributed by atoms with van der Waals surface area (Å²) in [7, 11) is 3.20. The van der Waals surface area contributed by atoms with E-state index in [1.165, 1.54) is 0 Å². The van der Waals surface area contributed by atoms with Gasteiger partial charge in [0, 0.05) is 26.2 Å². The Bertz CT molecular complexity index is 473. The lowest BCUT2D eigenvalue weighted by Gasteiger charge is -2.34. The highest BCUT2D eigenvalue weighted by Gasteiger charge is 2.24. The first kappa shape index (κ1) is 15.2. The Kier molecular flexibility index (Phi) is 5.29. The zero-order chi connectivity index (χ0) is 14.5. The molecule has 110 valence electrons. The van der Waals surface area contributed by atoms with Crippen LogP contribution in [0.2, 0.25) is 5.02 Å². The summed E-state index contributed by atoms with van der Waals surface area (Å²) < 4.78 is 10.6. The van der Waals surface area contributed by atoms with Crippen molar-refractivity contribution in [2.75, 3.05) is 40.4 Å². The summed E-state index contributed by atoms with van der Waals surface area (Å²) in [5, 5.41) is 3.94. The lowest BCUT2D eigenvalue weighted by atomic mass is 10.0. The van der Waals surface area contributed by atoms with Crippen LogP contribution in [0.15, 0.2) is 24.8 Å². The number of halogens is 1. The Hall–Kier alpha value is -1.23. The van der Waals surface area contributed by atoms with E-state index >= 15 is 0 Å². The number of ether oxygens (including phenoxy) is 2. The van der Waals surface area contributed by atoms with E-state index in [1.807, 2.05) is 18.2 Å². The summed E-state index contributed by atoms with van der Waals surface area (Å²) >= 11 is 6.49. The predicted molar refractivity (Wildman–Crippen MR) is 81.9 cm³/mol. The molecule has 0 aromatic heterocycles. The predicted octanol–water partition coefficient (Wildman–Crippen LogP) is 2.49. The lowest BCUT2D eigenvalue weighted by molar-refractivity contribution is 0.203. The fourth-order valence-corrected chi connectivity index (χ4v) is 2.91. The molecule has 0 radical (unpaired) electrons. The van der Waals surface area contributed by atoms with Crippen LogP contribution in [0.5, 0.6) is 11.5 Å². The molecule has 1 aliphatic heterocycles. The first-order valence-corrected chi connectivity index (χ1v) is 7.08. The van der Waals surface area contributed by atoms with Crippen molar-refractivity contribution in [1.29, 1.82) is 0 Å². The standard InChI is InChI=1S/C15H21ClN2O2/c1-4-12(18-9-7-17-8-10-18)11-5-6-13(19-2)15(20-3)14(11)16/h4-6,12,17H,1,7-10H2,2-3H3/t12-/m1/s1. The van der Waals surface area contributed by atoms with Gasteiger partial charge in [-0.05, 0) is 11.6 Å². The van der Waals surface area contributed by atoms with Gasteiger partial charge in [-0.3, -0.25) is 4.90 Å². The van der Waals surface area contributed by atoms with E-state index in [0.29, 0.717) is 16.5 Å². The second-order valence-corrected chi connectivity index (χ2v) is 5.05. The summed E-state index contributed by atoms with van der Waals surface area (Å²) in [6.07, 6.45) is 1.93. The topological polar surface area (TPSA) is 33.7 Å². The highest BCUT2D eigenvalue weighted by atomic mass is 35.5. The van der Waals surface area contributed by atoms with Gasteiger partial charge in [0.15, 0.2) is 11.5 Å². The van der Waals surface area contributed by atoms with Crippen molar-refractivity contribution in [3.8, 4) is 11.5 Å². The average molecular weight is 297 g/mol. The molecule has 1 aromatic rings. The molecule has 1 aromatic carbocycles. The van der Waals surface area contributed by atoms with Gasteiger partial charge in [-0.25, -0.2) is 0 Å². The fraction of sp³-hybridized carbons (Fsp3) is 0.467. The van der Waals surface area contributed by atoms with Crippen LogP contribution in [-0.4, -0.2) is 45.3 Å². The van der Waals surface area contributed by atoms with Crippen LogP contribution >= 0.6 is 11.6 Å². The molecule has 0 unspecified atom stereocenters. The van der Waals surface area contributed by atoms with Crippen molar-refractivity contribution >= 4 is 11.6 Å². The third-order valence-electron chi connectivity index (χ3n) is 3.60. The molecule has 0 saturated carbocycles. The normalized spacial score (nSPS) is 17.6. The van der Waals surface area contributed by atoms with E-state index in [2.05, 4.69) is 16.8 Å². The van der Waals surface area contributed by atoms with E-state index < -0.39 is 0 Å².